The maximum Gasteiger partial charge on any atom is 0.249 e. The highest BCUT2D eigenvalue weighted by molar-refractivity contribution is 6.32. The lowest BCUT2D eigenvalue weighted by atomic mass is 9.92. The SMILES string of the molecule is CC1NC(n2nc(C(C)(C)C)cc2NC(=O)/C=C/c2ccccc2Cl)NC(=O)C1C. The van der Waals surface area contributed by atoms with E-state index in [4.69, 9.17) is 11.6 Å². The Hall–Kier alpha value is -2.64. The van der Waals surface area contributed by atoms with Crippen LogP contribution in [0.4, 0.5) is 5.82 Å². The molecule has 8 heteroatoms. The van der Waals surface area contributed by atoms with Crippen LogP contribution in [0, 0.1) is 5.92 Å². The summed E-state index contributed by atoms with van der Waals surface area (Å²) in [4.78, 5) is 24.9. The van der Waals surface area contributed by atoms with E-state index in [-0.39, 0.29) is 29.2 Å². The third-order valence-electron chi connectivity index (χ3n) is 5.18. The second-order valence-electron chi connectivity index (χ2n) is 8.61. The van der Waals surface area contributed by atoms with Crippen molar-refractivity contribution in [3.8, 4) is 0 Å². The van der Waals surface area contributed by atoms with Crippen LogP contribution in [0.15, 0.2) is 36.4 Å². The van der Waals surface area contributed by atoms with Gasteiger partial charge in [0, 0.05) is 28.6 Å². The van der Waals surface area contributed by atoms with Crippen molar-refractivity contribution < 1.29 is 9.59 Å². The van der Waals surface area contributed by atoms with E-state index in [1.165, 1.54) is 6.08 Å². The summed E-state index contributed by atoms with van der Waals surface area (Å²) >= 11 is 6.14. The number of benzene rings is 1. The van der Waals surface area contributed by atoms with Crippen molar-refractivity contribution in [2.75, 3.05) is 5.32 Å². The minimum absolute atomic E-state index is 0.0327. The van der Waals surface area contributed by atoms with Crippen LogP contribution in [0.2, 0.25) is 5.02 Å². The van der Waals surface area contributed by atoms with Gasteiger partial charge in [0.2, 0.25) is 11.8 Å². The number of nitrogens with one attached hydrogen (secondary N) is 3. The van der Waals surface area contributed by atoms with Crippen molar-refractivity contribution in [1.82, 2.24) is 20.4 Å². The van der Waals surface area contributed by atoms with E-state index in [1.807, 2.05) is 58.9 Å². The highest BCUT2D eigenvalue weighted by Gasteiger charge is 2.33. The molecule has 3 N–H and O–H groups in total. The number of hydrogen-bond donors (Lipinski definition) is 3. The van der Waals surface area contributed by atoms with Crippen LogP contribution in [0.3, 0.4) is 0 Å². The molecule has 0 aliphatic carbocycles. The van der Waals surface area contributed by atoms with Gasteiger partial charge in [0.05, 0.1) is 11.6 Å². The first-order valence-corrected chi connectivity index (χ1v) is 10.3. The summed E-state index contributed by atoms with van der Waals surface area (Å²) in [5, 5.41) is 14.4. The molecule has 2 aromatic rings. The lowest BCUT2D eigenvalue weighted by Gasteiger charge is -2.34. The lowest BCUT2D eigenvalue weighted by Crippen LogP contribution is -2.57. The summed E-state index contributed by atoms with van der Waals surface area (Å²) in [6.07, 6.45) is 2.53. The molecule has 1 aliphatic heterocycles. The first-order valence-electron chi connectivity index (χ1n) is 9.96. The van der Waals surface area contributed by atoms with Crippen LogP contribution in [-0.4, -0.2) is 27.6 Å². The number of carbonyl (C=O) groups excluding carboxylic acids is 2. The molecule has 30 heavy (non-hydrogen) atoms. The predicted octanol–water partition coefficient (Wildman–Crippen LogP) is 3.69. The molecule has 1 aliphatic rings. The summed E-state index contributed by atoms with van der Waals surface area (Å²) in [5.41, 5.74) is 1.33. The molecule has 3 rings (SSSR count). The van der Waals surface area contributed by atoms with E-state index in [0.29, 0.717) is 10.8 Å². The molecule has 160 valence electrons. The number of nitrogens with zero attached hydrogens (tertiary/aromatic N) is 2. The Morgan fingerprint density at radius 1 is 1.27 bits per heavy atom. The summed E-state index contributed by atoms with van der Waals surface area (Å²) in [5.74, 6) is -0.0428. The van der Waals surface area contributed by atoms with Gasteiger partial charge in [-0.2, -0.15) is 5.10 Å². The standard InChI is InChI=1S/C22H28ClN5O2/c1-13-14(2)24-21(26-20(13)30)28-18(12-17(27-28)22(3,4)5)25-19(29)11-10-15-8-6-7-9-16(15)23/h6-14,21,24H,1-5H3,(H,25,29)(H,26,30)/b11-10+. The molecule has 1 aromatic carbocycles. The Bertz CT molecular complexity index is 976. The highest BCUT2D eigenvalue weighted by Crippen LogP contribution is 2.27. The number of amides is 2. The van der Waals surface area contributed by atoms with Crippen LogP contribution in [-0.2, 0) is 15.0 Å². The molecule has 3 atom stereocenters. The van der Waals surface area contributed by atoms with E-state index in [1.54, 1.807) is 16.8 Å². The zero-order valence-electron chi connectivity index (χ0n) is 17.9. The molecule has 7 nitrogen and oxygen atoms in total. The summed E-state index contributed by atoms with van der Waals surface area (Å²) < 4.78 is 1.61. The van der Waals surface area contributed by atoms with E-state index in [0.717, 1.165) is 11.3 Å². The van der Waals surface area contributed by atoms with Gasteiger partial charge in [0.15, 0.2) is 6.29 Å². The average Bonchev–Trinajstić information content (AvgIpc) is 3.09. The molecule has 2 heterocycles. The summed E-state index contributed by atoms with van der Waals surface area (Å²) in [7, 11) is 0. The molecular weight excluding hydrogens is 402 g/mol. The minimum Gasteiger partial charge on any atom is -0.322 e. The van der Waals surface area contributed by atoms with Crippen molar-refractivity contribution in [3.05, 3.63) is 52.7 Å². The van der Waals surface area contributed by atoms with Crippen molar-refractivity contribution >= 4 is 35.3 Å². The summed E-state index contributed by atoms with van der Waals surface area (Å²) in [6, 6.07) is 9.09. The molecule has 1 saturated heterocycles. The quantitative estimate of drug-likeness (QED) is 0.647. The van der Waals surface area contributed by atoms with Gasteiger partial charge in [-0.15, -0.1) is 0 Å². The van der Waals surface area contributed by atoms with Gasteiger partial charge < -0.3 is 10.6 Å². The van der Waals surface area contributed by atoms with Crippen LogP contribution >= 0.6 is 11.6 Å². The van der Waals surface area contributed by atoms with Crippen LogP contribution in [0.1, 0.15) is 52.2 Å². The minimum atomic E-state index is -0.553. The van der Waals surface area contributed by atoms with Crippen LogP contribution < -0.4 is 16.0 Å². The van der Waals surface area contributed by atoms with Crippen LogP contribution in [0.5, 0.6) is 0 Å². The van der Waals surface area contributed by atoms with E-state index >= 15 is 0 Å². The third kappa shape index (κ3) is 4.91. The number of rotatable bonds is 4. The topological polar surface area (TPSA) is 88.1 Å². The molecule has 0 radical (unpaired) electrons. The molecule has 3 unspecified atom stereocenters. The first kappa shape index (κ1) is 22.1. The zero-order valence-corrected chi connectivity index (χ0v) is 18.6. The van der Waals surface area contributed by atoms with E-state index < -0.39 is 6.29 Å². The number of anilines is 1. The Balaban J connectivity index is 1.86. The lowest BCUT2D eigenvalue weighted by molar-refractivity contribution is -0.130. The third-order valence-corrected chi connectivity index (χ3v) is 5.53. The molecule has 1 aromatic heterocycles. The Labute approximate surface area is 181 Å². The van der Waals surface area contributed by atoms with Gasteiger partial charge >= 0.3 is 0 Å². The molecule has 0 bridgehead atoms. The number of aromatic nitrogens is 2. The number of hydrogen-bond acceptors (Lipinski definition) is 4. The second kappa shape index (κ2) is 8.62. The highest BCUT2D eigenvalue weighted by atomic mass is 35.5. The molecule has 0 saturated carbocycles. The molecular formula is C22H28ClN5O2. The van der Waals surface area contributed by atoms with Gasteiger partial charge in [0.1, 0.15) is 5.82 Å². The van der Waals surface area contributed by atoms with Crippen molar-refractivity contribution in [2.24, 2.45) is 5.92 Å². The van der Waals surface area contributed by atoms with Crippen molar-refractivity contribution in [3.63, 3.8) is 0 Å². The number of halogens is 1. The van der Waals surface area contributed by atoms with Gasteiger partial charge in [0.25, 0.3) is 0 Å². The fourth-order valence-corrected chi connectivity index (χ4v) is 3.25. The fourth-order valence-electron chi connectivity index (χ4n) is 3.05. The molecule has 1 fully saturated rings. The molecule has 2 amide bonds. The zero-order chi connectivity index (χ0) is 22.1. The van der Waals surface area contributed by atoms with Gasteiger partial charge in [-0.25, -0.2) is 4.68 Å². The van der Waals surface area contributed by atoms with Gasteiger partial charge in [-0.1, -0.05) is 57.5 Å². The number of carbonyl (C=O) groups is 2. The van der Waals surface area contributed by atoms with E-state index in [2.05, 4.69) is 21.0 Å². The normalized spacial score (nSPS) is 22.2. The van der Waals surface area contributed by atoms with Crippen molar-refractivity contribution in [2.45, 2.75) is 52.4 Å². The molecule has 0 spiro atoms. The fraction of sp³-hybridized carbons (Fsp3) is 0.409. The largest absolute Gasteiger partial charge is 0.322 e. The maximum atomic E-state index is 12.6. The summed E-state index contributed by atoms with van der Waals surface area (Å²) in [6.45, 7) is 9.95. The smallest absolute Gasteiger partial charge is 0.249 e. The average molecular weight is 430 g/mol. The van der Waals surface area contributed by atoms with Gasteiger partial charge in [-0.05, 0) is 24.6 Å². The Morgan fingerprint density at radius 3 is 2.60 bits per heavy atom. The Morgan fingerprint density at radius 2 is 1.97 bits per heavy atom. The monoisotopic (exact) mass is 429 g/mol. The predicted molar refractivity (Wildman–Crippen MR) is 119 cm³/mol. The van der Waals surface area contributed by atoms with Crippen molar-refractivity contribution in [1.29, 1.82) is 0 Å². The van der Waals surface area contributed by atoms with Gasteiger partial charge in [-0.3, -0.25) is 14.9 Å². The Kier molecular flexibility index (Phi) is 6.33. The van der Waals surface area contributed by atoms with E-state index in [9.17, 15) is 9.59 Å². The first-order chi connectivity index (χ1) is 14.1. The van der Waals surface area contributed by atoms with Crippen LogP contribution in [0.25, 0.3) is 6.08 Å². The maximum absolute atomic E-state index is 12.6. The second-order valence-corrected chi connectivity index (χ2v) is 9.02.